The van der Waals surface area contributed by atoms with Crippen LogP contribution >= 0.6 is 0 Å². The van der Waals surface area contributed by atoms with E-state index in [0.717, 1.165) is 5.82 Å². The first-order chi connectivity index (χ1) is 12.9. The number of piperidine rings is 1. The standard InChI is InChI=1S/C18H30N4O4S/c1-4-13-27(24,25)22-10-7-18(8-11-22)17-19-9-12-21(17)14-15(26-18)16(23)20(5-2)6-3/h9,12,15H,4-8,10-11,13-14H2,1-3H3/t15-/m1/s1. The van der Waals surface area contributed by atoms with E-state index in [2.05, 4.69) is 4.98 Å². The van der Waals surface area contributed by atoms with Gasteiger partial charge in [0.1, 0.15) is 11.4 Å². The molecular formula is C18H30N4O4S. The highest BCUT2D eigenvalue weighted by atomic mass is 32.2. The number of carbonyl (C=O) groups is 1. The predicted octanol–water partition coefficient (Wildman–Crippen LogP) is 1.18. The monoisotopic (exact) mass is 398 g/mol. The number of ether oxygens (including phenoxy) is 1. The van der Waals surface area contributed by atoms with Crippen molar-refractivity contribution in [3.8, 4) is 0 Å². The van der Waals surface area contributed by atoms with Crippen molar-refractivity contribution >= 4 is 15.9 Å². The Kier molecular flexibility index (Phi) is 5.93. The molecule has 2 aliphatic heterocycles. The van der Waals surface area contributed by atoms with E-state index < -0.39 is 21.7 Å². The van der Waals surface area contributed by atoms with E-state index in [4.69, 9.17) is 4.74 Å². The molecule has 0 saturated carbocycles. The van der Waals surface area contributed by atoms with Crippen LogP contribution in [0.5, 0.6) is 0 Å². The second kappa shape index (κ2) is 7.89. The molecule has 2 aliphatic rings. The first kappa shape index (κ1) is 20.3. The molecule has 27 heavy (non-hydrogen) atoms. The van der Waals surface area contributed by atoms with Gasteiger partial charge in [-0.05, 0) is 33.1 Å². The van der Waals surface area contributed by atoms with Crippen LogP contribution in [0.2, 0.25) is 0 Å². The fraction of sp³-hybridized carbons (Fsp3) is 0.778. The Labute approximate surface area is 161 Å². The van der Waals surface area contributed by atoms with E-state index in [1.54, 1.807) is 15.4 Å². The molecule has 1 atom stereocenters. The third-order valence-electron chi connectivity index (χ3n) is 5.59. The van der Waals surface area contributed by atoms with Gasteiger partial charge in [0, 0.05) is 38.6 Å². The van der Waals surface area contributed by atoms with E-state index >= 15 is 0 Å². The zero-order valence-corrected chi connectivity index (χ0v) is 17.2. The average molecular weight is 399 g/mol. The third-order valence-corrected chi connectivity index (χ3v) is 7.67. The van der Waals surface area contributed by atoms with Crippen LogP contribution in [-0.2, 0) is 31.7 Å². The van der Waals surface area contributed by atoms with Gasteiger partial charge in [0.05, 0.1) is 12.3 Å². The van der Waals surface area contributed by atoms with Gasteiger partial charge in [-0.3, -0.25) is 4.79 Å². The SMILES string of the molecule is CCCS(=O)(=O)N1CCC2(CC1)O[C@@H](C(=O)N(CC)CC)Cn1ccnc12. The molecule has 1 spiro atoms. The molecule has 1 fully saturated rings. The number of rotatable bonds is 6. The fourth-order valence-electron chi connectivity index (χ4n) is 4.12. The molecule has 0 N–H and O–H groups in total. The lowest BCUT2D eigenvalue weighted by Crippen LogP contribution is -2.55. The first-order valence-electron chi connectivity index (χ1n) is 9.83. The summed E-state index contributed by atoms with van der Waals surface area (Å²) >= 11 is 0. The summed E-state index contributed by atoms with van der Waals surface area (Å²) in [7, 11) is -3.23. The van der Waals surface area contributed by atoms with Gasteiger partial charge >= 0.3 is 0 Å². The molecule has 0 aliphatic carbocycles. The van der Waals surface area contributed by atoms with E-state index in [9.17, 15) is 13.2 Å². The van der Waals surface area contributed by atoms with Crippen molar-refractivity contribution in [3.05, 3.63) is 18.2 Å². The lowest BCUT2D eigenvalue weighted by Gasteiger charge is -2.45. The van der Waals surface area contributed by atoms with Gasteiger partial charge in [0.15, 0.2) is 6.10 Å². The summed E-state index contributed by atoms with van der Waals surface area (Å²) in [6.45, 7) is 8.30. The number of sulfonamides is 1. The summed E-state index contributed by atoms with van der Waals surface area (Å²) in [4.78, 5) is 19.1. The minimum absolute atomic E-state index is 0.0141. The molecule has 0 aromatic carbocycles. The van der Waals surface area contributed by atoms with Gasteiger partial charge < -0.3 is 14.2 Å². The maximum absolute atomic E-state index is 12.9. The summed E-state index contributed by atoms with van der Waals surface area (Å²) in [5.41, 5.74) is -0.701. The third kappa shape index (κ3) is 3.77. The molecule has 8 nitrogen and oxygen atoms in total. The lowest BCUT2D eigenvalue weighted by molar-refractivity contribution is -0.178. The molecule has 3 rings (SSSR count). The van der Waals surface area contributed by atoms with E-state index in [1.807, 2.05) is 31.5 Å². The van der Waals surface area contributed by atoms with Crippen molar-refractivity contribution in [1.29, 1.82) is 0 Å². The van der Waals surface area contributed by atoms with Crippen LogP contribution < -0.4 is 0 Å². The van der Waals surface area contributed by atoms with Crippen LogP contribution in [0, 0.1) is 0 Å². The largest absolute Gasteiger partial charge is 0.352 e. The number of amides is 1. The second-order valence-corrected chi connectivity index (χ2v) is 9.32. The minimum Gasteiger partial charge on any atom is -0.352 e. The number of carbonyl (C=O) groups excluding carboxylic acids is 1. The quantitative estimate of drug-likeness (QED) is 0.718. The Balaban J connectivity index is 1.82. The van der Waals surface area contributed by atoms with Gasteiger partial charge in [-0.2, -0.15) is 0 Å². The zero-order chi connectivity index (χ0) is 19.7. The van der Waals surface area contributed by atoms with Gasteiger partial charge in [-0.15, -0.1) is 0 Å². The Morgan fingerprint density at radius 1 is 1.30 bits per heavy atom. The van der Waals surface area contributed by atoms with Crippen LogP contribution in [0.4, 0.5) is 0 Å². The molecule has 0 radical (unpaired) electrons. The van der Waals surface area contributed by atoms with Crippen LogP contribution in [0.15, 0.2) is 12.4 Å². The number of aromatic nitrogens is 2. The Hall–Kier alpha value is -1.45. The van der Waals surface area contributed by atoms with E-state index in [-0.39, 0.29) is 11.7 Å². The topological polar surface area (TPSA) is 84.7 Å². The zero-order valence-electron chi connectivity index (χ0n) is 16.4. The molecule has 3 heterocycles. The summed E-state index contributed by atoms with van der Waals surface area (Å²) in [6.07, 6.45) is 4.66. The predicted molar refractivity (Wildman–Crippen MR) is 102 cm³/mol. The smallest absolute Gasteiger partial charge is 0.253 e. The number of fused-ring (bicyclic) bond motifs is 2. The van der Waals surface area contributed by atoms with Crippen molar-refractivity contribution in [2.45, 2.75) is 58.3 Å². The van der Waals surface area contributed by atoms with Crippen LogP contribution in [0.25, 0.3) is 0 Å². The van der Waals surface area contributed by atoms with Crippen molar-refractivity contribution in [1.82, 2.24) is 18.8 Å². The Bertz CT molecular complexity index is 764. The maximum Gasteiger partial charge on any atom is 0.253 e. The summed E-state index contributed by atoms with van der Waals surface area (Å²) < 4.78 is 34.7. The van der Waals surface area contributed by atoms with Gasteiger partial charge in [0.2, 0.25) is 10.0 Å². The van der Waals surface area contributed by atoms with Crippen LogP contribution in [0.3, 0.4) is 0 Å². The van der Waals surface area contributed by atoms with Crippen molar-refractivity contribution < 1.29 is 17.9 Å². The van der Waals surface area contributed by atoms with Gasteiger partial charge in [-0.1, -0.05) is 6.92 Å². The number of nitrogens with zero attached hydrogens (tertiary/aromatic N) is 4. The highest BCUT2D eigenvalue weighted by Crippen LogP contribution is 2.40. The normalized spacial score (nSPS) is 22.6. The minimum atomic E-state index is -3.23. The van der Waals surface area contributed by atoms with Gasteiger partial charge in [-0.25, -0.2) is 17.7 Å². The molecule has 1 amide bonds. The Morgan fingerprint density at radius 2 is 1.96 bits per heavy atom. The van der Waals surface area contributed by atoms with E-state index in [0.29, 0.717) is 52.0 Å². The molecule has 152 valence electrons. The average Bonchev–Trinajstić information content (AvgIpc) is 3.12. The van der Waals surface area contributed by atoms with E-state index in [1.165, 1.54) is 0 Å². The lowest BCUT2D eigenvalue weighted by atomic mass is 9.89. The maximum atomic E-state index is 12.9. The summed E-state index contributed by atoms with van der Waals surface area (Å²) in [5, 5.41) is 0. The molecular weight excluding hydrogens is 368 g/mol. The van der Waals surface area contributed by atoms with Crippen molar-refractivity contribution in [3.63, 3.8) is 0 Å². The molecule has 0 bridgehead atoms. The summed E-state index contributed by atoms with van der Waals surface area (Å²) in [6, 6.07) is 0. The molecule has 9 heteroatoms. The number of hydrogen-bond acceptors (Lipinski definition) is 5. The fourth-order valence-corrected chi connectivity index (χ4v) is 5.63. The second-order valence-electron chi connectivity index (χ2n) is 7.23. The van der Waals surface area contributed by atoms with Gasteiger partial charge in [0.25, 0.3) is 5.91 Å². The molecule has 1 aromatic rings. The number of hydrogen-bond donors (Lipinski definition) is 0. The number of likely N-dealkylation sites (N-methyl/N-ethyl adjacent to an activating group) is 1. The van der Waals surface area contributed by atoms with Crippen LogP contribution in [0.1, 0.15) is 45.9 Å². The number of imidazole rings is 1. The van der Waals surface area contributed by atoms with Crippen molar-refractivity contribution in [2.24, 2.45) is 0 Å². The Morgan fingerprint density at radius 3 is 2.56 bits per heavy atom. The highest BCUT2D eigenvalue weighted by molar-refractivity contribution is 7.89. The van der Waals surface area contributed by atoms with Crippen molar-refractivity contribution in [2.75, 3.05) is 31.9 Å². The first-order valence-corrected chi connectivity index (χ1v) is 11.4. The molecule has 1 aromatic heterocycles. The molecule has 0 unspecified atom stereocenters. The summed E-state index contributed by atoms with van der Waals surface area (Å²) in [5.74, 6) is 0.955. The molecule has 1 saturated heterocycles. The highest BCUT2D eigenvalue weighted by Gasteiger charge is 2.48. The van der Waals surface area contributed by atoms with Crippen LogP contribution in [-0.4, -0.2) is 71.1 Å².